The lowest BCUT2D eigenvalue weighted by Crippen LogP contribution is -2.02. The predicted molar refractivity (Wildman–Crippen MR) is 110 cm³/mol. The lowest BCUT2D eigenvalue weighted by molar-refractivity contribution is 0.415. The van der Waals surface area contributed by atoms with E-state index in [9.17, 15) is 0 Å². The molecule has 0 amide bonds. The highest BCUT2D eigenvalue weighted by atomic mass is 16.5. The number of methoxy groups -OCH3 is 1. The van der Waals surface area contributed by atoms with Crippen molar-refractivity contribution in [1.82, 2.24) is 0 Å². The molecule has 26 heavy (non-hydrogen) atoms. The van der Waals surface area contributed by atoms with E-state index in [0.717, 1.165) is 18.6 Å². The Morgan fingerprint density at radius 1 is 0.615 bits per heavy atom. The van der Waals surface area contributed by atoms with Crippen LogP contribution in [0.5, 0.6) is 5.75 Å². The predicted octanol–water partition coefficient (Wildman–Crippen LogP) is 6.41. The van der Waals surface area contributed by atoms with Gasteiger partial charge in [0.1, 0.15) is 5.75 Å². The van der Waals surface area contributed by atoms with Gasteiger partial charge in [-0.1, -0.05) is 54.6 Å². The van der Waals surface area contributed by atoms with Crippen LogP contribution < -0.4 is 4.74 Å². The van der Waals surface area contributed by atoms with Crippen LogP contribution in [0.3, 0.4) is 0 Å². The zero-order valence-electron chi connectivity index (χ0n) is 14.7. The average molecular weight is 334 g/mol. The third-order valence-corrected chi connectivity index (χ3v) is 5.98. The topological polar surface area (TPSA) is 9.23 Å². The maximum Gasteiger partial charge on any atom is 0.119 e. The zero-order valence-corrected chi connectivity index (χ0v) is 14.7. The van der Waals surface area contributed by atoms with E-state index < -0.39 is 0 Å². The van der Waals surface area contributed by atoms with Gasteiger partial charge in [-0.3, -0.25) is 0 Å². The average Bonchev–Trinajstić information content (AvgIpc) is 2.71. The van der Waals surface area contributed by atoms with Crippen molar-refractivity contribution >= 4 is 43.1 Å². The van der Waals surface area contributed by atoms with Crippen molar-refractivity contribution in [3.63, 3.8) is 0 Å². The lowest BCUT2D eigenvalue weighted by Gasteiger charge is -2.22. The number of ether oxygens (including phenoxy) is 1. The first kappa shape index (κ1) is 14.1. The highest BCUT2D eigenvalue weighted by Gasteiger charge is 2.20. The number of fused-ring (bicyclic) bond motifs is 5. The third kappa shape index (κ3) is 1.70. The maximum absolute atomic E-state index is 5.48. The van der Waals surface area contributed by atoms with Crippen molar-refractivity contribution in [2.45, 2.75) is 12.8 Å². The molecule has 1 aliphatic rings. The van der Waals surface area contributed by atoms with Gasteiger partial charge in [-0.15, -0.1) is 0 Å². The Kier molecular flexibility index (Phi) is 2.71. The molecular weight excluding hydrogens is 316 g/mol. The second-order valence-corrected chi connectivity index (χ2v) is 7.26. The Hall–Kier alpha value is -3.06. The Morgan fingerprint density at radius 2 is 1.38 bits per heavy atom. The summed E-state index contributed by atoms with van der Waals surface area (Å²) >= 11 is 0. The molecule has 0 fully saturated rings. The van der Waals surface area contributed by atoms with Crippen molar-refractivity contribution in [3.05, 3.63) is 77.9 Å². The minimum absolute atomic E-state index is 0.922. The Balaban J connectivity index is 2.00. The van der Waals surface area contributed by atoms with Gasteiger partial charge in [0.25, 0.3) is 0 Å². The molecule has 0 saturated carbocycles. The van der Waals surface area contributed by atoms with Crippen LogP contribution in [0.15, 0.2) is 66.7 Å². The minimum atomic E-state index is 0.922. The van der Waals surface area contributed by atoms with Crippen LogP contribution in [-0.2, 0) is 12.8 Å². The Bertz CT molecular complexity index is 1360. The summed E-state index contributed by atoms with van der Waals surface area (Å²) in [6.07, 6.45) is 2.22. The number of aryl methyl sites for hydroxylation is 2. The van der Waals surface area contributed by atoms with E-state index in [4.69, 9.17) is 4.74 Å². The maximum atomic E-state index is 5.48. The van der Waals surface area contributed by atoms with Gasteiger partial charge in [0, 0.05) is 0 Å². The molecule has 0 radical (unpaired) electrons. The molecule has 124 valence electrons. The molecule has 0 heterocycles. The van der Waals surface area contributed by atoms with Crippen molar-refractivity contribution in [1.29, 1.82) is 0 Å². The molecule has 0 aliphatic heterocycles. The molecule has 0 atom stereocenters. The fourth-order valence-corrected chi connectivity index (χ4v) is 4.87. The number of rotatable bonds is 1. The molecular formula is C25H18O. The van der Waals surface area contributed by atoms with Crippen LogP contribution in [0.2, 0.25) is 0 Å². The summed E-state index contributed by atoms with van der Waals surface area (Å²) in [7, 11) is 1.74. The largest absolute Gasteiger partial charge is 0.497 e. The first-order chi connectivity index (χ1) is 12.8. The molecule has 0 aromatic heterocycles. The highest BCUT2D eigenvalue weighted by molar-refractivity contribution is 6.33. The van der Waals surface area contributed by atoms with Crippen LogP contribution >= 0.6 is 0 Å². The van der Waals surface area contributed by atoms with E-state index in [1.807, 2.05) is 0 Å². The summed E-state index contributed by atoms with van der Waals surface area (Å²) in [4.78, 5) is 0. The van der Waals surface area contributed by atoms with Gasteiger partial charge >= 0.3 is 0 Å². The molecule has 1 aliphatic carbocycles. The fourth-order valence-electron chi connectivity index (χ4n) is 4.87. The fraction of sp³-hybridized carbons (Fsp3) is 0.120. The van der Waals surface area contributed by atoms with Crippen LogP contribution in [0.1, 0.15) is 11.1 Å². The molecule has 0 bridgehead atoms. The van der Waals surface area contributed by atoms with Crippen LogP contribution in [0.4, 0.5) is 0 Å². The van der Waals surface area contributed by atoms with Gasteiger partial charge in [0.2, 0.25) is 0 Å². The Morgan fingerprint density at radius 3 is 2.27 bits per heavy atom. The van der Waals surface area contributed by atoms with E-state index in [0.29, 0.717) is 0 Å². The van der Waals surface area contributed by atoms with E-state index >= 15 is 0 Å². The van der Waals surface area contributed by atoms with Crippen molar-refractivity contribution < 1.29 is 4.74 Å². The second kappa shape index (κ2) is 4.98. The van der Waals surface area contributed by atoms with E-state index in [1.165, 1.54) is 54.2 Å². The van der Waals surface area contributed by atoms with Gasteiger partial charge in [0.15, 0.2) is 0 Å². The normalized spacial score (nSPS) is 13.3. The first-order valence-electron chi connectivity index (χ1n) is 9.21. The molecule has 6 rings (SSSR count). The second-order valence-electron chi connectivity index (χ2n) is 7.26. The zero-order chi connectivity index (χ0) is 17.3. The molecule has 1 heteroatoms. The summed E-state index contributed by atoms with van der Waals surface area (Å²) < 4.78 is 5.48. The SMILES string of the molecule is COc1ccc2c(c1)cc1c3c4c(cccc4c4ccccc4c23)CC1. The molecule has 5 aromatic carbocycles. The van der Waals surface area contributed by atoms with Crippen LogP contribution in [-0.4, -0.2) is 7.11 Å². The van der Waals surface area contributed by atoms with Gasteiger partial charge in [0.05, 0.1) is 7.11 Å². The first-order valence-corrected chi connectivity index (χ1v) is 9.21. The van der Waals surface area contributed by atoms with Gasteiger partial charge in [-0.25, -0.2) is 0 Å². The summed E-state index contributed by atoms with van der Waals surface area (Å²) in [6, 6.07) is 24.5. The smallest absolute Gasteiger partial charge is 0.119 e. The quantitative estimate of drug-likeness (QED) is 0.322. The molecule has 0 saturated heterocycles. The van der Waals surface area contributed by atoms with Gasteiger partial charge in [-0.2, -0.15) is 0 Å². The monoisotopic (exact) mass is 334 g/mol. The molecule has 5 aromatic rings. The van der Waals surface area contributed by atoms with Crippen LogP contribution in [0, 0.1) is 0 Å². The standard InChI is InChI=1S/C25H18O/c1-26-18-11-12-19-17(14-18)13-16-10-9-15-5-4-8-21-20-6-2-3-7-22(20)25(19)24(16)23(15)21/h2-8,11-14H,9-10H2,1H3. The third-order valence-electron chi connectivity index (χ3n) is 5.98. The summed E-state index contributed by atoms with van der Waals surface area (Å²) in [6.45, 7) is 0. The van der Waals surface area contributed by atoms with Gasteiger partial charge in [-0.05, 0) is 79.2 Å². The Labute approximate surface area is 151 Å². The number of benzene rings is 5. The van der Waals surface area contributed by atoms with Crippen molar-refractivity contribution in [3.8, 4) is 5.75 Å². The lowest BCUT2D eigenvalue weighted by atomic mass is 9.81. The van der Waals surface area contributed by atoms with Crippen molar-refractivity contribution in [2.75, 3.05) is 7.11 Å². The molecule has 0 unspecified atom stereocenters. The molecule has 0 N–H and O–H groups in total. The van der Waals surface area contributed by atoms with E-state index in [1.54, 1.807) is 7.11 Å². The molecule has 1 nitrogen and oxygen atoms in total. The summed E-state index contributed by atoms with van der Waals surface area (Å²) in [5, 5.41) is 11.0. The van der Waals surface area contributed by atoms with Crippen molar-refractivity contribution in [2.24, 2.45) is 0 Å². The summed E-state index contributed by atoms with van der Waals surface area (Å²) in [5.74, 6) is 0.922. The summed E-state index contributed by atoms with van der Waals surface area (Å²) in [5.41, 5.74) is 2.95. The minimum Gasteiger partial charge on any atom is -0.497 e. The number of hydrogen-bond donors (Lipinski definition) is 0. The van der Waals surface area contributed by atoms with E-state index in [-0.39, 0.29) is 0 Å². The van der Waals surface area contributed by atoms with Crippen LogP contribution in [0.25, 0.3) is 43.1 Å². The number of hydrogen-bond acceptors (Lipinski definition) is 1. The highest BCUT2D eigenvalue weighted by Crippen LogP contribution is 2.44. The van der Waals surface area contributed by atoms with E-state index in [2.05, 4.69) is 66.7 Å². The van der Waals surface area contributed by atoms with Gasteiger partial charge < -0.3 is 4.74 Å². The molecule has 0 spiro atoms.